The van der Waals surface area contributed by atoms with Gasteiger partial charge in [0.05, 0.1) is 12.2 Å². The second-order valence-electron chi connectivity index (χ2n) is 11.5. The molecule has 0 unspecified atom stereocenters. The molecule has 2 bridgehead atoms. The lowest BCUT2D eigenvalue weighted by atomic mass is 9.51. The largest absolute Gasteiger partial charge is 0.492 e. The third kappa shape index (κ3) is 6.07. The van der Waals surface area contributed by atoms with E-state index < -0.39 is 0 Å². The fraction of sp³-hybridized carbons (Fsp3) is 0.576. The van der Waals surface area contributed by atoms with Crippen molar-refractivity contribution < 1.29 is 4.74 Å². The van der Waals surface area contributed by atoms with Crippen molar-refractivity contribution in [2.45, 2.75) is 109 Å². The highest BCUT2D eigenvalue weighted by Gasteiger charge is 2.49. The zero-order valence-corrected chi connectivity index (χ0v) is 24.3. The van der Waals surface area contributed by atoms with E-state index in [4.69, 9.17) is 4.74 Å². The van der Waals surface area contributed by atoms with Gasteiger partial charge in [-0.3, -0.25) is 0 Å². The number of ether oxygens (including phenoxy) is 1. The van der Waals surface area contributed by atoms with E-state index in [1.807, 2.05) is 12.1 Å². The minimum absolute atomic E-state index is 0.340. The lowest BCUT2D eigenvalue weighted by Gasteiger charge is -2.54. The number of hydrogen-bond acceptors (Lipinski definition) is 3. The standard InChI is InChI=1S/C33H41BrN2O/c1-3-5-7-14-32-15-18-33(19-16-32,20-17-32)29-12-9-25(22-30(29)34)8-10-26-11-13-31(37-21-6-4-2)28(24-36)27(26)23-35/h9,11-13,22H,3-8,10,14-21H2,1-2H3. The van der Waals surface area contributed by atoms with Gasteiger partial charge in [-0.1, -0.05) is 73.7 Å². The number of fused-ring (bicyclic) bond motifs is 3. The van der Waals surface area contributed by atoms with Gasteiger partial charge in [-0.2, -0.15) is 10.5 Å². The summed E-state index contributed by atoms with van der Waals surface area (Å²) in [7, 11) is 0. The number of unbranched alkanes of at least 4 members (excludes halogenated alkanes) is 3. The van der Waals surface area contributed by atoms with Crippen molar-refractivity contribution in [3.05, 3.63) is 62.6 Å². The smallest absolute Gasteiger partial charge is 0.138 e. The Bertz CT molecular complexity index is 1150. The van der Waals surface area contributed by atoms with Crippen LogP contribution < -0.4 is 4.74 Å². The number of nitriles is 2. The summed E-state index contributed by atoms with van der Waals surface area (Å²) in [4.78, 5) is 0. The molecule has 3 nitrogen and oxygen atoms in total. The van der Waals surface area contributed by atoms with Crippen LogP contribution in [0.4, 0.5) is 0 Å². The van der Waals surface area contributed by atoms with Crippen LogP contribution in [0.1, 0.15) is 119 Å². The van der Waals surface area contributed by atoms with Gasteiger partial charge in [-0.15, -0.1) is 0 Å². The fourth-order valence-electron chi connectivity index (χ4n) is 6.74. The molecule has 0 aliphatic heterocycles. The van der Waals surface area contributed by atoms with E-state index in [0.29, 0.717) is 34.3 Å². The Morgan fingerprint density at radius 3 is 2.16 bits per heavy atom. The van der Waals surface area contributed by atoms with Crippen LogP contribution in [0.2, 0.25) is 0 Å². The maximum atomic E-state index is 9.82. The summed E-state index contributed by atoms with van der Waals surface area (Å²) in [5.41, 5.74) is 5.47. The zero-order valence-electron chi connectivity index (χ0n) is 22.7. The van der Waals surface area contributed by atoms with Crippen LogP contribution in [0.25, 0.3) is 0 Å². The molecule has 3 aliphatic carbocycles. The summed E-state index contributed by atoms with van der Waals surface area (Å²) >= 11 is 3.95. The number of halogens is 1. The number of benzene rings is 2. The van der Waals surface area contributed by atoms with Crippen molar-refractivity contribution in [2.24, 2.45) is 5.41 Å². The molecular formula is C33H41BrN2O. The summed E-state index contributed by atoms with van der Waals surface area (Å²) in [6.45, 7) is 4.97. The van der Waals surface area contributed by atoms with Gasteiger partial charge in [-0.05, 0) is 104 Å². The molecular weight excluding hydrogens is 520 g/mol. The maximum Gasteiger partial charge on any atom is 0.138 e. The van der Waals surface area contributed by atoms with Crippen molar-refractivity contribution in [3.63, 3.8) is 0 Å². The molecule has 5 rings (SSSR count). The minimum atomic E-state index is 0.340. The molecule has 0 saturated heterocycles. The quantitative estimate of drug-likeness (QED) is 0.243. The van der Waals surface area contributed by atoms with E-state index in [1.54, 1.807) is 0 Å². The van der Waals surface area contributed by atoms with Crippen LogP contribution in [0.5, 0.6) is 5.75 Å². The molecule has 196 valence electrons. The number of rotatable bonds is 12. The van der Waals surface area contributed by atoms with Gasteiger partial charge in [-0.25, -0.2) is 0 Å². The average Bonchev–Trinajstić information content (AvgIpc) is 2.93. The molecule has 37 heavy (non-hydrogen) atoms. The van der Waals surface area contributed by atoms with Gasteiger partial charge in [0.2, 0.25) is 0 Å². The first-order valence-electron chi connectivity index (χ1n) is 14.4. The Balaban J connectivity index is 1.43. The highest BCUT2D eigenvalue weighted by Crippen LogP contribution is 2.60. The van der Waals surface area contributed by atoms with Crippen molar-refractivity contribution in [3.8, 4) is 17.9 Å². The van der Waals surface area contributed by atoms with Gasteiger partial charge in [0.25, 0.3) is 0 Å². The van der Waals surface area contributed by atoms with Crippen LogP contribution in [0.15, 0.2) is 34.8 Å². The van der Waals surface area contributed by atoms with Crippen LogP contribution in [-0.2, 0) is 18.3 Å². The molecule has 0 aromatic heterocycles. The van der Waals surface area contributed by atoms with Gasteiger partial charge < -0.3 is 4.74 Å². The molecule has 0 atom stereocenters. The monoisotopic (exact) mass is 560 g/mol. The summed E-state index contributed by atoms with van der Waals surface area (Å²) in [6, 6.07) is 15.2. The van der Waals surface area contributed by atoms with Crippen LogP contribution in [0, 0.1) is 28.1 Å². The van der Waals surface area contributed by atoms with Crippen LogP contribution in [0.3, 0.4) is 0 Å². The highest BCUT2D eigenvalue weighted by molar-refractivity contribution is 9.10. The summed E-state index contributed by atoms with van der Waals surface area (Å²) < 4.78 is 7.03. The van der Waals surface area contributed by atoms with Gasteiger partial charge in [0, 0.05) is 4.47 Å². The topological polar surface area (TPSA) is 56.8 Å². The minimum Gasteiger partial charge on any atom is -0.492 e. The molecule has 0 spiro atoms. The molecule has 3 saturated carbocycles. The van der Waals surface area contributed by atoms with E-state index >= 15 is 0 Å². The SMILES string of the molecule is CCCCCC12CCC(c3ccc(CCc4ccc(OCCCC)c(C#N)c4C#N)cc3Br)(CC1)CC2. The third-order valence-electron chi connectivity index (χ3n) is 9.23. The molecule has 0 heterocycles. The van der Waals surface area contributed by atoms with Gasteiger partial charge in [0.1, 0.15) is 23.5 Å². The number of nitrogens with zero attached hydrogens (tertiary/aromatic N) is 2. The molecule has 0 N–H and O–H groups in total. The second kappa shape index (κ2) is 12.5. The fourth-order valence-corrected chi connectivity index (χ4v) is 7.58. The van der Waals surface area contributed by atoms with Crippen molar-refractivity contribution in [1.29, 1.82) is 10.5 Å². The van der Waals surface area contributed by atoms with Crippen molar-refractivity contribution >= 4 is 15.9 Å². The highest BCUT2D eigenvalue weighted by atomic mass is 79.9. The average molecular weight is 562 g/mol. The molecule has 0 radical (unpaired) electrons. The summed E-state index contributed by atoms with van der Waals surface area (Å²) in [5, 5.41) is 19.5. The first kappa shape index (κ1) is 27.7. The lowest BCUT2D eigenvalue weighted by molar-refractivity contribution is 0.0302. The first-order valence-corrected chi connectivity index (χ1v) is 15.2. The Morgan fingerprint density at radius 1 is 0.838 bits per heavy atom. The summed E-state index contributed by atoms with van der Waals surface area (Å²) in [6.07, 6.45) is 17.2. The van der Waals surface area contributed by atoms with Crippen molar-refractivity contribution in [1.82, 2.24) is 0 Å². The number of hydrogen-bond donors (Lipinski definition) is 0. The normalized spacial score (nSPS) is 22.4. The molecule has 3 fully saturated rings. The molecule has 0 amide bonds. The Kier molecular flexibility index (Phi) is 9.36. The van der Waals surface area contributed by atoms with Crippen molar-refractivity contribution in [2.75, 3.05) is 6.61 Å². The Morgan fingerprint density at radius 2 is 1.54 bits per heavy atom. The lowest BCUT2D eigenvalue weighted by Crippen LogP contribution is -2.44. The zero-order chi connectivity index (χ0) is 26.3. The number of aryl methyl sites for hydroxylation is 2. The van der Waals surface area contributed by atoms with E-state index in [1.165, 1.54) is 79.8 Å². The molecule has 4 heteroatoms. The summed E-state index contributed by atoms with van der Waals surface area (Å²) in [5.74, 6) is 0.525. The molecule has 3 aliphatic rings. The van der Waals surface area contributed by atoms with Crippen LogP contribution in [-0.4, -0.2) is 6.61 Å². The first-order chi connectivity index (χ1) is 18.0. The predicted molar refractivity (Wildman–Crippen MR) is 154 cm³/mol. The van der Waals surface area contributed by atoms with Gasteiger partial charge in [0.15, 0.2) is 0 Å². The second-order valence-corrected chi connectivity index (χ2v) is 12.3. The molecule has 2 aromatic carbocycles. The predicted octanol–water partition coefficient (Wildman–Crippen LogP) is 9.33. The third-order valence-corrected chi connectivity index (χ3v) is 9.89. The Hall–Kier alpha value is -2.30. The molecule has 2 aromatic rings. The van der Waals surface area contributed by atoms with E-state index in [2.05, 4.69) is 60.1 Å². The van der Waals surface area contributed by atoms with E-state index in [9.17, 15) is 10.5 Å². The van der Waals surface area contributed by atoms with Crippen LogP contribution >= 0.6 is 15.9 Å². The Labute approximate surface area is 232 Å². The van der Waals surface area contributed by atoms with E-state index in [0.717, 1.165) is 31.2 Å². The maximum absolute atomic E-state index is 9.82. The van der Waals surface area contributed by atoms with Gasteiger partial charge >= 0.3 is 0 Å². The van der Waals surface area contributed by atoms with E-state index in [-0.39, 0.29) is 0 Å².